The van der Waals surface area contributed by atoms with Crippen LogP contribution in [-0.4, -0.2) is 16.3 Å². The Hall–Kier alpha value is -1.13. The fourth-order valence-corrected chi connectivity index (χ4v) is 3.63. The van der Waals surface area contributed by atoms with Crippen molar-refractivity contribution in [2.45, 2.75) is 25.8 Å². The number of aryl methyl sites for hydroxylation is 2. The Morgan fingerprint density at radius 3 is 2.95 bits per heavy atom. The van der Waals surface area contributed by atoms with E-state index in [0.29, 0.717) is 6.04 Å². The average molecular weight is 320 g/mol. The van der Waals surface area contributed by atoms with Crippen molar-refractivity contribution in [2.75, 3.05) is 6.54 Å². The van der Waals surface area contributed by atoms with Crippen molar-refractivity contribution < 1.29 is 0 Å². The zero-order valence-electron chi connectivity index (χ0n) is 11.3. The van der Waals surface area contributed by atoms with E-state index in [9.17, 15) is 0 Å². The summed E-state index contributed by atoms with van der Waals surface area (Å²) < 4.78 is 3.13. The molecule has 1 aliphatic rings. The van der Waals surface area contributed by atoms with Crippen LogP contribution in [0.5, 0.6) is 0 Å². The van der Waals surface area contributed by atoms with Gasteiger partial charge in [0.05, 0.1) is 16.2 Å². The molecule has 2 aromatic rings. The lowest BCUT2D eigenvalue weighted by Gasteiger charge is -2.11. The van der Waals surface area contributed by atoms with Crippen LogP contribution in [0.2, 0.25) is 0 Å². The molecule has 1 unspecified atom stereocenters. The van der Waals surface area contributed by atoms with Crippen LogP contribution in [0, 0.1) is 6.92 Å². The molecule has 0 spiro atoms. The van der Waals surface area contributed by atoms with E-state index in [1.807, 2.05) is 11.7 Å². The lowest BCUT2D eigenvalue weighted by Crippen LogP contribution is -2.16. The molecule has 3 nitrogen and oxygen atoms in total. The number of benzene rings is 1. The molecule has 1 aromatic carbocycles. The second-order valence-electron chi connectivity index (χ2n) is 5.19. The van der Waals surface area contributed by atoms with Crippen LogP contribution in [0.4, 0.5) is 0 Å². The molecule has 19 heavy (non-hydrogen) atoms. The molecule has 2 heterocycles. The summed E-state index contributed by atoms with van der Waals surface area (Å²) in [5.41, 5.74) is 4.73. The van der Waals surface area contributed by atoms with E-state index in [-0.39, 0.29) is 0 Å². The molecule has 3 rings (SSSR count). The summed E-state index contributed by atoms with van der Waals surface area (Å²) in [5, 5.41) is 8.24. The molecular weight excluding hydrogens is 302 g/mol. The van der Waals surface area contributed by atoms with Gasteiger partial charge in [-0.3, -0.25) is 4.68 Å². The van der Waals surface area contributed by atoms with Gasteiger partial charge in [-0.25, -0.2) is 0 Å². The van der Waals surface area contributed by atoms with E-state index < -0.39 is 0 Å². The maximum absolute atomic E-state index is 4.70. The molecule has 0 saturated carbocycles. The maximum Gasteiger partial charge on any atom is 0.107 e. The summed E-state index contributed by atoms with van der Waals surface area (Å²) in [4.78, 5) is 0. The number of hydrogen-bond acceptors (Lipinski definition) is 2. The number of rotatable bonds is 2. The molecule has 1 atom stereocenters. The van der Waals surface area contributed by atoms with Crippen molar-refractivity contribution in [3.8, 4) is 11.3 Å². The lowest BCUT2D eigenvalue weighted by atomic mass is 10.1. The molecule has 100 valence electrons. The first-order valence-electron chi connectivity index (χ1n) is 6.69. The number of halogens is 1. The minimum absolute atomic E-state index is 0.422. The summed E-state index contributed by atoms with van der Waals surface area (Å²) >= 11 is 3.75. The Morgan fingerprint density at radius 2 is 2.26 bits per heavy atom. The largest absolute Gasteiger partial charge is 0.309 e. The number of hydrogen-bond donors (Lipinski definition) is 1. The fraction of sp³-hybridized carbons (Fsp3) is 0.400. The topological polar surface area (TPSA) is 29.9 Å². The van der Waals surface area contributed by atoms with Crippen LogP contribution in [0.1, 0.15) is 30.1 Å². The third kappa shape index (κ3) is 2.35. The normalized spacial score (nSPS) is 19.0. The van der Waals surface area contributed by atoms with Gasteiger partial charge >= 0.3 is 0 Å². The second-order valence-corrected chi connectivity index (χ2v) is 5.98. The van der Waals surface area contributed by atoms with Gasteiger partial charge in [0.1, 0.15) is 5.69 Å². The van der Waals surface area contributed by atoms with Crippen molar-refractivity contribution >= 4 is 15.9 Å². The standard InChI is InChI=1S/C15H18BrN3/c1-10-5-3-6-11(9-10)14-13(16)15(19(2)18-14)12-7-4-8-17-12/h3,5-6,9,12,17H,4,7-8H2,1-2H3. The molecule has 0 radical (unpaired) electrons. The van der Waals surface area contributed by atoms with Crippen molar-refractivity contribution in [1.82, 2.24) is 15.1 Å². The Labute approximate surface area is 122 Å². The first-order valence-corrected chi connectivity index (χ1v) is 7.49. The van der Waals surface area contributed by atoms with Gasteiger partial charge in [0, 0.05) is 12.6 Å². The first kappa shape index (κ1) is 12.9. The maximum atomic E-state index is 4.70. The molecule has 0 bridgehead atoms. The van der Waals surface area contributed by atoms with Gasteiger partial charge in [-0.15, -0.1) is 0 Å². The van der Waals surface area contributed by atoms with Gasteiger partial charge < -0.3 is 5.32 Å². The highest BCUT2D eigenvalue weighted by atomic mass is 79.9. The van der Waals surface area contributed by atoms with E-state index >= 15 is 0 Å². The zero-order valence-corrected chi connectivity index (χ0v) is 12.9. The Bertz CT molecular complexity index is 597. The van der Waals surface area contributed by atoms with Crippen molar-refractivity contribution in [3.05, 3.63) is 40.0 Å². The molecule has 0 amide bonds. The Kier molecular flexibility index (Phi) is 3.46. The van der Waals surface area contributed by atoms with E-state index in [4.69, 9.17) is 5.10 Å². The second kappa shape index (κ2) is 5.10. The van der Waals surface area contributed by atoms with Crippen LogP contribution in [0.3, 0.4) is 0 Å². The van der Waals surface area contributed by atoms with E-state index in [0.717, 1.165) is 16.7 Å². The summed E-state index contributed by atoms with van der Waals surface area (Å²) in [5.74, 6) is 0. The van der Waals surface area contributed by atoms with Crippen LogP contribution >= 0.6 is 15.9 Å². The Balaban J connectivity index is 2.06. The smallest absolute Gasteiger partial charge is 0.107 e. The molecular formula is C15H18BrN3. The van der Waals surface area contributed by atoms with Gasteiger partial charge in [0.2, 0.25) is 0 Å². The van der Waals surface area contributed by atoms with E-state index in [1.165, 1.54) is 29.7 Å². The zero-order chi connectivity index (χ0) is 13.4. The highest BCUT2D eigenvalue weighted by Gasteiger charge is 2.25. The fourth-order valence-electron chi connectivity index (χ4n) is 2.78. The molecule has 1 saturated heterocycles. The molecule has 1 aliphatic heterocycles. The summed E-state index contributed by atoms with van der Waals surface area (Å²) in [6.45, 7) is 3.21. The van der Waals surface area contributed by atoms with Crippen molar-refractivity contribution in [2.24, 2.45) is 7.05 Å². The highest BCUT2D eigenvalue weighted by Crippen LogP contribution is 2.36. The quantitative estimate of drug-likeness (QED) is 0.916. The van der Waals surface area contributed by atoms with Crippen LogP contribution in [0.25, 0.3) is 11.3 Å². The van der Waals surface area contributed by atoms with Crippen LogP contribution in [0.15, 0.2) is 28.7 Å². The minimum atomic E-state index is 0.422. The van der Waals surface area contributed by atoms with Crippen LogP contribution in [-0.2, 0) is 7.05 Å². The van der Waals surface area contributed by atoms with Gasteiger partial charge in [-0.1, -0.05) is 23.8 Å². The molecule has 1 fully saturated rings. The van der Waals surface area contributed by atoms with E-state index in [1.54, 1.807) is 0 Å². The Morgan fingerprint density at radius 1 is 1.42 bits per heavy atom. The minimum Gasteiger partial charge on any atom is -0.309 e. The van der Waals surface area contributed by atoms with E-state index in [2.05, 4.69) is 52.4 Å². The third-order valence-electron chi connectivity index (χ3n) is 3.71. The highest BCUT2D eigenvalue weighted by molar-refractivity contribution is 9.10. The first-order chi connectivity index (χ1) is 9.16. The predicted octanol–water partition coefficient (Wildman–Crippen LogP) is 3.58. The monoisotopic (exact) mass is 319 g/mol. The molecule has 0 aliphatic carbocycles. The summed E-state index contributed by atoms with van der Waals surface area (Å²) in [6.07, 6.45) is 2.42. The third-order valence-corrected chi connectivity index (χ3v) is 4.50. The number of aromatic nitrogens is 2. The van der Waals surface area contributed by atoms with Crippen molar-refractivity contribution in [1.29, 1.82) is 0 Å². The van der Waals surface area contributed by atoms with Gasteiger partial charge in [-0.05, 0) is 48.3 Å². The number of nitrogens with one attached hydrogen (secondary N) is 1. The predicted molar refractivity (Wildman–Crippen MR) is 81.1 cm³/mol. The van der Waals surface area contributed by atoms with Crippen molar-refractivity contribution in [3.63, 3.8) is 0 Å². The number of nitrogens with zero attached hydrogens (tertiary/aromatic N) is 2. The molecule has 1 aromatic heterocycles. The lowest BCUT2D eigenvalue weighted by molar-refractivity contribution is 0.572. The summed E-state index contributed by atoms with van der Waals surface area (Å²) in [7, 11) is 2.03. The van der Waals surface area contributed by atoms with Gasteiger partial charge in [0.15, 0.2) is 0 Å². The molecule has 1 N–H and O–H groups in total. The SMILES string of the molecule is Cc1cccc(-c2nn(C)c(C3CCCN3)c2Br)c1. The van der Waals surface area contributed by atoms with Crippen LogP contribution < -0.4 is 5.32 Å². The average Bonchev–Trinajstić information content (AvgIpc) is 2.98. The van der Waals surface area contributed by atoms with Gasteiger partial charge in [0.25, 0.3) is 0 Å². The summed E-state index contributed by atoms with van der Waals surface area (Å²) in [6, 6.07) is 8.91. The molecule has 4 heteroatoms. The van der Waals surface area contributed by atoms with Gasteiger partial charge in [-0.2, -0.15) is 5.10 Å².